The number of benzene rings is 3. The minimum absolute atomic E-state index is 0.599. The summed E-state index contributed by atoms with van der Waals surface area (Å²) in [6.07, 6.45) is 1.81. The second-order valence-corrected chi connectivity index (χ2v) is 7.06. The Bertz CT molecular complexity index is 1110. The summed E-state index contributed by atoms with van der Waals surface area (Å²) in [4.78, 5) is 8.76. The average Bonchev–Trinajstić information content (AvgIpc) is 3.15. The molecule has 0 aliphatic heterocycles. The predicted molar refractivity (Wildman–Crippen MR) is 116 cm³/mol. The number of nitrogens with zero attached hydrogens (tertiary/aromatic N) is 2. The number of pyridine rings is 1. The molecule has 0 atom stereocenters. The third-order valence-corrected chi connectivity index (χ3v) is 5.23. The zero-order chi connectivity index (χ0) is 18.6. The molecule has 2 aromatic heterocycles. The number of fused-ring (bicyclic) bond motifs is 2. The maximum atomic E-state index is 5.80. The summed E-state index contributed by atoms with van der Waals surface area (Å²) in [5.41, 5.74) is 15.8. The zero-order valence-corrected chi connectivity index (χ0v) is 15.4. The van der Waals surface area contributed by atoms with Gasteiger partial charge < -0.3 is 11.5 Å². The molecule has 2 heterocycles. The van der Waals surface area contributed by atoms with Crippen molar-refractivity contribution in [3.8, 4) is 10.6 Å². The van der Waals surface area contributed by atoms with Gasteiger partial charge in [-0.1, -0.05) is 36.4 Å². The van der Waals surface area contributed by atoms with Gasteiger partial charge in [0.05, 0.1) is 27.1 Å². The molecule has 0 fully saturated rings. The smallest absolute Gasteiger partial charge is 0.124 e. The van der Waals surface area contributed by atoms with E-state index in [4.69, 9.17) is 11.5 Å². The van der Waals surface area contributed by atoms with E-state index >= 15 is 0 Å². The number of hydrogen-bond acceptors (Lipinski definition) is 5. The molecule has 0 radical (unpaired) electrons. The van der Waals surface area contributed by atoms with E-state index in [9.17, 15) is 0 Å². The molecule has 132 valence electrons. The molecule has 0 bridgehead atoms. The molecule has 0 aliphatic rings. The van der Waals surface area contributed by atoms with Crippen LogP contribution in [0.5, 0.6) is 0 Å². The normalized spacial score (nSPS) is 10.5. The van der Waals surface area contributed by atoms with E-state index in [1.807, 2.05) is 66.9 Å². The Kier molecular flexibility index (Phi) is 4.68. The van der Waals surface area contributed by atoms with E-state index in [0.29, 0.717) is 11.4 Å². The van der Waals surface area contributed by atoms with Gasteiger partial charge in [0.2, 0.25) is 0 Å². The van der Waals surface area contributed by atoms with E-state index in [-0.39, 0.29) is 0 Å². The number of thiazole rings is 1. The van der Waals surface area contributed by atoms with Crippen molar-refractivity contribution in [3.05, 3.63) is 85.1 Å². The molecular weight excluding hydrogens is 352 g/mol. The lowest BCUT2D eigenvalue weighted by Gasteiger charge is -2.01. The number of nitrogens with two attached hydrogens (primary N) is 2. The first-order chi connectivity index (χ1) is 13.2. The number of aromatic nitrogens is 2. The van der Waals surface area contributed by atoms with Crippen LogP contribution in [0.3, 0.4) is 0 Å². The molecule has 0 amide bonds. The molecule has 4 nitrogen and oxygen atoms in total. The quantitative estimate of drug-likeness (QED) is 0.389. The number of para-hydroxylation sites is 2. The molecule has 3 aromatic carbocycles. The molecular formula is C22H18N4S. The fourth-order valence-corrected chi connectivity index (χ4v) is 3.68. The minimum Gasteiger partial charge on any atom is -0.397 e. The molecule has 0 spiro atoms. The van der Waals surface area contributed by atoms with E-state index in [1.165, 1.54) is 10.1 Å². The van der Waals surface area contributed by atoms with Gasteiger partial charge in [0.15, 0.2) is 0 Å². The Balaban J connectivity index is 0.000000153. The first kappa shape index (κ1) is 17.0. The van der Waals surface area contributed by atoms with Gasteiger partial charge in [-0.2, -0.15) is 0 Å². The van der Waals surface area contributed by atoms with E-state index in [1.54, 1.807) is 11.3 Å². The molecule has 0 aliphatic carbocycles. The fraction of sp³-hybridized carbons (Fsp3) is 0. The summed E-state index contributed by atoms with van der Waals surface area (Å²) < 4.78 is 1.18. The highest BCUT2D eigenvalue weighted by Gasteiger charge is 2.06. The topological polar surface area (TPSA) is 77.8 Å². The van der Waals surface area contributed by atoms with Crippen molar-refractivity contribution in [2.75, 3.05) is 11.5 Å². The van der Waals surface area contributed by atoms with E-state index in [2.05, 4.69) is 28.2 Å². The van der Waals surface area contributed by atoms with Gasteiger partial charge in [0, 0.05) is 17.1 Å². The molecule has 0 saturated heterocycles. The molecule has 0 unspecified atom stereocenters. The van der Waals surface area contributed by atoms with Crippen LogP contribution in [-0.4, -0.2) is 9.97 Å². The Morgan fingerprint density at radius 3 is 2.22 bits per heavy atom. The third kappa shape index (κ3) is 3.73. The van der Waals surface area contributed by atoms with Crippen LogP contribution in [0.2, 0.25) is 0 Å². The zero-order valence-electron chi connectivity index (χ0n) is 14.5. The highest BCUT2D eigenvalue weighted by molar-refractivity contribution is 7.21. The first-order valence-corrected chi connectivity index (χ1v) is 9.33. The highest BCUT2D eigenvalue weighted by atomic mass is 32.1. The maximum absolute atomic E-state index is 5.80. The first-order valence-electron chi connectivity index (χ1n) is 8.51. The number of nitrogen functional groups attached to an aromatic ring is 2. The van der Waals surface area contributed by atoms with Crippen LogP contribution in [0, 0.1) is 0 Å². The van der Waals surface area contributed by atoms with Crippen LogP contribution in [0.15, 0.2) is 85.1 Å². The van der Waals surface area contributed by atoms with E-state index in [0.717, 1.165) is 21.6 Å². The van der Waals surface area contributed by atoms with Gasteiger partial charge in [-0.3, -0.25) is 4.98 Å². The van der Waals surface area contributed by atoms with Gasteiger partial charge in [-0.05, 0) is 42.5 Å². The van der Waals surface area contributed by atoms with Crippen LogP contribution in [-0.2, 0) is 0 Å². The van der Waals surface area contributed by atoms with Crippen molar-refractivity contribution in [2.45, 2.75) is 0 Å². The van der Waals surface area contributed by atoms with Gasteiger partial charge in [-0.15, -0.1) is 11.3 Å². The van der Waals surface area contributed by atoms with Crippen LogP contribution in [0.4, 0.5) is 11.4 Å². The van der Waals surface area contributed by atoms with Gasteiger partial charge in [-0.25, -0.2) is 4.98 Å². The fourth-order valence-electron chi connectivity index (χ4n) is 2.72. The molecule has 27 heavy (non-hydrogen) atoms. The predicted octanol–water partition coefficient (Wildman–Crippen LogP) is 5.36. The lowest BCUT2D eigenvalue weighted by atomic mass is 10.2. The van der Waals surface area contributed by atoms with Gasteiger partial charge >= 0.3 is 0 Å². The Labute approximate surface area is 161 Å². The molecule has 4 N–H and O–H groups in total. The Morgan fingerprint density at radius 1 is 0.704 bits per heavy atom. The summed E-state index contributed by atoms with van der Waals surface area (Å²) >= 11 is 1.66. The summed E-state index contributed by atoms with van der Waals surface area (Å²) in [6.45, 7) is 0. The van der Waals surface area contributed by atoms with Gasteiger partial charge in [0.1, 0.15) is 5.01 Å². The molecule has 5 heteroatoms. The van der Waals surface area contributed by atoms with Crippen LogP contribution in [0.25, 0.3) is 31.7 Å². The standard InChI is InChI=1S/C13H11N3S.C9H7N/c14-9-6-5-8(7-10(9)15)13-16-11-3-1-2-4-12(11)17-13;1-2-6-9-8(4-1)5-3-7-10-9/h1-7H,14-15H2;1-7H. The Morgan fingerprint density at radius 2 is 1.44 bits per heavy atom. The molecule has 0 saturated carbocycles. The van der Waals surface area contributed by atoms with Crippen molar-refractivity contribution in [3.63, 3.8) is 0 Å². The van der Waals surface area contributed by atoms with Crippen molar-refractivity contribution < 1.29 is 0 Å². The lowest BCUT2D eigenvalue weighted by Crippen LogP contribution is -1.94. The number of anilines is 2. The maximum Gasteiger partial charge on any atom is 0.124 e. The second-order valence-electron chi connectivity index (χ2n) is 6.03. The summed E-state index contributed by atoms with van der Waals surface area (Å²) in [7, 11) is 0. The second kappa shape index (κ2) is 7.43. The SMILES string of the molecule is Nc1ccc(-c2nc3ccccc3s2)cc1N.c1ccc2ncccc2c1. The monoisotopic (exact) mass is 370 g/mol. The summed E-state index contributed by atoms with van der Waals surface area (Å²) in [5, 5.41) is 2.17. The number of hydrogen-bond donors (Lipinski definition) is 2. The van der Waals surface area contributed by atoms with Crippen molar-refractivity contribution in [1.29, 1.82) is 0 Å². The average molecular weight is 370 g/mol. The third-order valence-electron chi connectivity index (χ3n) is 4.14. The van der Waals surface area contributed by atoms with Crippen LogP contribution < -0.4 is 11.5 Å². The minimum atomic E-state index is 0.599. The summed E-state index contributed by atoms with van der Waals surface area (Å²) in [5.74, 6) is 0. The lowest BCUT2D eigenvalue weighted by molar-refractivity contribution is 1.41. The molecule has 5 aromatic rings. The van der Waals surface area contributed by atoms with Gasteiger partial charge in [0.25, 0.3) is 0 Å². The summed E-state index contributed by atoms with van der Waals surface area (Å²) in [6, 6.07) is 25.8. The van der Waals surface area contributed by atoms with Crippen molar-refractivity contribution in [2.24, 2.45) is 0 Å². The number of rotatable bonds is 1. The van der Waals surface area contributed by atoms with E-state index < -0.39 is 0 Å². The molecule has 5 rings (SSSR count). The largest absolute Gasteiger partial charge is 0.397 e. The van der Waals surface area contributed by atoms with Crippen molar-refractivity contribution >= 4 is 43.8 Å². The van der Waals surface area contributed by atoms with Crippen LogP contribution in [0.1, 0.15) is 0 Å². The highest BCUT2D eigenvalue weighted by Crippen LogP contribution is 2.32. The Hall–Kier alpha value is -3.44. The van der Waals surface area contributed by atoms with Crippen molar-refractivity contribution in [1.82, 2.24) is 9.97 Å². The van der Waals surface area contributed by atoms with Crippen LogP contribution >= 0.6 is 11.3 Å².